The molecular weight excluding hydrogens is 224 g/mol. The number of benzene rings is 1. The largest absolute Gasteiger partial charge is 0.466 e. The van der Waals surface area contributed by atoms with Crippen LogP contribution in [0.5, 0.6) is 0 Å². The molecular formula is C16H22O2. The summed E-state index contributed by atoms with van der Waals surface area (Å²) >= 11 is 0. The maximum atomic E-state index is 11.7. The topological polar surface area (TPSA) is 26.3 Å². The van der Waals surface area contributed by atoms with Crippen LogP contribution in [0, 0.1) is 12.8 Å². The van der Waals surface area contributed by atoms with Crippen molar-refractivity contribution in [2.24, 2.45) is 5.92 Å². The van der Waals surface area contributed by atoms with Crippen molar-refractivity contribution in [3.8, 4) is 0 Å². The van der Waals surface area contributed by atoms with Crippen molar-refractivity contribution in [2.75, 3.05) is 6.61 Å². The first-order valence-electron chi connectivity index (χ1n) is 6.94. The Hall–Kier alpha value is -1.31. The first-order valence-corrected chi connectivity index (χ1v) is 6.94. The Bertz CT molecular complexity index is 386. The predicted octanol–water partition coefficient (Wildman–Crippen LogP) is 3.83. The molecule has 0 radical (unpaired) electrons. The van der Waals surface area contributed by atoms with Crippen LogP contribution < -0.4 is 0 Å². The van der Waals surface area contributed by atoms with Gasteiger partial charge in [-0.15, -0.1) is 0 Å². The van der Waals surface area contributed by atoms with Crippen molar-refractivity contribution in [1.82, 2.24) is 0 Å². The van der Waals surface area contributed by atoms with Crippen LogP contribution in [0.3, 0.4) is 0 Å². The Labute approximate surface area is 109 Å². The molecule has 18 heavy (non-hydrogen) atoms. The van der Waals surface area contributed by atoms with E-state index in [1.165, 1.54) is 11.1 Å². The van der Waals surface area contributed by atoms with Crippen LogP contribution in [0.25, 0.3) is 0 Å². The highest BCUT2D eigenvalue weighted by molar-refractivity contribution is 5.72. The van der Waals surface area contributed by atoms with Crippen LogP contribution in [0.15, 0.2) is 24.3 Å². The van der Waals surface area contributed by atoms with E-state index < -0.39 is 0 Å². The molecule has 2 heteroatoms. The van der Waals surface area contributed by atoms with Gasteiger partial charge in [-0.25, -0.2) is 0 Å². The summed E-state index contributed by atoms with van der Waals surface area (Å²) in [6, 6.07) is 8.80. The zero-order chi connectivity index (χ0) is 13.0. The monoisotopic (exact) mass is 246 g/mol. The van der Waals surface area contributed by atoms with E-state index in [9.17, 15) is 4.79 Å². The van der Waals surface area contributed by atoms with E-state index in [1.54, 1.807) is 0 Å². The lowest BCUT2D eigenvalue weighted by Crippen LogP contribution is -2.23. The second-order valence-electron chi connectivity index (χ2n) is 5.21. The Morgan fingerprint density at radius 1 is 1.17 bits per heavy atom. The third kappa shape index (κ3) is 3.12. The molecule has 1 aromatic carbocycles. The predicted molar refractivity (Wildman–Crippen MR) is 72.5 cm³/mol. The second-order valence-corrected chi connectivity index (χ2v) is 5.21. The minimum atomic E-state index is -0.000133. The van der Waals surface area contributed by atoms with Crippen molar-refractivity contribution in [3.05, 3.63) is 35.4 Å². The van der Waals surface area contributed by atoms with E-state index in [0.717, 1.165) is 25.7 Å². The van der Waals surface area contributed by atoms with Gasteiger partial charge in [-0.05, 0) is 51.0 Å². The molecule has 0 aliphatic heterocycles. The summed E-state index contributed by atoms with van der Waals surface area (Å²) in [5.41, 5.74) is 2.72. The van der Waals surface area contributed by atoms with Gasteiger partial charge < -0.3 is 4.74 Å². The van der Waals surface area contributed by atoms with Gasteiger partial charge in [0.2, 0.25) is 0 Å². The van der Waals surface area contributed by atoms with E-state index >= 15 is 0 Å². The van der Waals surface area contributed by atoms with E-state index in [4.69, 9.17) is 4.74 Å². The van der Waals surface area contributed by atoms with E-state index in [2.05, 4.69) is 31.2 Å². The summed E-state index contributed by atoms with van der Waals surface area (Å²) in [5, 5.41) is 0. The van der Waals surface area contributed by atoms with Gasteiger partial charge in [0.05, 0.1) is 12.5 Å². The molecule has 0 saturated heterocycles. The van der Waals surface area contributed by atoms with Crippen molar-refractivity contribution < 1.29 is 9.53 Å². The summed E-state index contributed by atoms with van der Waals surface area (Å²) in [6.07, 6.45) is 4.15. The van der Waals surface area contributed by atoms with Crippen LogP contribution in [0.2, 0.25) is 0 Å². The van der Waals surface area contributed by atoms with Crippen LogP contribution in [-0.2, 0) is 9.53 Å². The van der Waals surface area contributed by atoms with Crippen molar-refractivity contribution in [2.45, 2.75) is 45.4 Å². The highest BCUT2D eigenvalue weighted by Crippen LogP contribution is 2.36. The lowest BCUT2D eigenvalue weighted by molar-refractivity contribution is -0.149. The van der Waals surface area contributed by atoms with Gasteiger partial charge >= 0.3 is 5.97 Å². The molecule has 0 aromatic heterocycles. The van der Waals surface area contributed by atoms with E-state index in [-0.39, 0.29) is 11.9 Å². The molecule has 1 aliphatic rings. The van der Waals surface area contributed by atoms with Gasteiger partial charge in [-0.1, -0.05) is 29.8 Å². The molecule has 2 rings (SSSR count). The summed E-state index contributed by atoms with van der Waals surface area (Å²) in [7, 11) is 0. The van der Waals surface area contributed by atoms with Crippen LogP contribution in [-0.4, -0.2) is 12.6 Å². The number of aryl methyl sites for hydroxylation is 1. The second kappa shape index (κ2) is 6.03. The van der Waals surface area contributed by atoms with Crippen molar-refractivity contribution >= 4 is 5.97 Å². The molecule has 0 unspecified atom stereocenters. The highest BCUT2D eigenvalue weighted by atomic mass is 16.5. The molecule has 0 atom stereocenters. The smallest absolute Gasteiger partial charge is 0.308 e. The number of carbonyl (C=O) groups is 1. The van der Waals surface area contributed by atoms with Crippen LogP contribution in [0.1, 0.15) is 49.7 Å². The fourth-order valence-corrected chi connectivity index (χ4v) is 2.76. The van der Waals surface area contributed by atoms with Crippen LogP contribution in [0.4, 0.5) is 0 Å². The maximum absolute atomic E-state index is 11.7. The molecule has 1 fully saturated rings. The molecule has 98 valence electrons. The highest BCUT2D eigenvalue weighted by Gasteiger charge is 2.27. The van der Waals surface area contributed by atoms with E-state index in [0.29, 0.717) is 12.5 Å². The fourth-order valence-electron chi connectivity index (χ4n) is 2.76. The number of hydrogen-bond donors (Lipinski definition) is 0. The minimum absolute atomic E-state index is 0.000133. The number of carbonyl (C=O) groups excluding carboxylic acids is 1. The minimum Gasteiger partial charge on any atom is -0.466 e. The van der Waals surface area contributed by atoms with E-state index in [1.807, 2.05) is 6.92 Å². The number of esters is 1. The Balaban J connectivity index is 1.90. The summed E-state index contributed by atoms with van der Waals surface area (Å²) in [6.45, 7) is 4.48. The number of ether oxygens (including phenoxy) is 1. The summed E-state index contributed by atoms with van der Waals surface area (Å²) in [4.78, 5) is 11.7. The zero-order valence-electron chi connectivity index (χ0n) is 11.3. The normalized spacial score (nSPS) is 23.7. The van der Waals surface area contributed by atoms with Gasteiger partial charge in [-0.2, -0.15) is 0 Å². The van der Waals surface area contributed by atoms with Gasteiger partial charge in [-0.3, -0.25) is 4.79 Å². The molecule has 0 heterocycles. The van der Waals surface area contributed by atoms with Gasteiger partial charge in [0.15, 0.2) is 0 Å². The summed E-state index contributed by atoms with van der Waals surface area (Å²) < 4.78 is 5.10. The van der Waals surface area contributed by atoms with Crippen molar-refractivity contribution in [3.63, 3.8) is 0 Å². The first kappa shape index (κ1) is 13.1. The average Bonchev–Trinajstić information content (AvgIpc) is 2.40. The third-order valence-corrected chi connectivity index (χ3v) is 3.90. The molecule has 0 N–H and O–H groups in total. The van der Waals surface area contributed by atoms with Crippen molar-refractivity contribution in [1.29, 1.82) is 0 Å². The SMILES string of the molecule is CCOC(=O)C1CCC(c2ccc(C)cc2)CC1. The molecule has 2 nitrogen and oxygen atoms in total. The molecule has 1 aromatic rings. The number of hydrogen-bond acceptors (Lipinski definition) is 2. The molecule has 0 bridgehead atoms. The maximum Gasteiger partial charge on any atom is 0.308 e. The fraction of sp³-hybridized carbons (Fsp3) is 0.562. The van der Waals surface area contributed by atoms with Gasteiger partial charge in [0, 0.05) is 0 Å². The molecule has 0 amide bonds. The van der Waals surface area contributed by atoms with Gasteiger partial charge in [0.1, 0.15) is 0 Å². The Kier molecular flexibility index (Phi) is 4.40. The molecule has 0 spiro atoms. The standard InChI is InChI=1S/C16H22O2/c1-3-18-16(17)15-10-8-14(9-11-15)13-6-4-12(2)5-7-13/h4-7,14-15H,3,8-11H2,1-2H3. The molecule has 1 aliphatic carbocycles. The summed E-state index contributed by atoms with van der Waals surface area (Å²) in [5.74, 6) is 0.753. The Morgan fingerprint density at radius 3 is 2.33 bits per heavy atom. The Morgan fingerprint density at radius 2 is 1.78 bits per heavy atom. The zero-order valence-corrected chi connectivity index (χ0v) is 11.3. The van der Waals surface area contributed by atoms with Gasteiger partial charge in [0.25, 0.3) is 0 Å². The average molecular weight is 246 g/mol. The van der Waals surface area contributed by atoms with Crippen LogP contribution >= 0.6 is 0 Å². The third-order valence-electron chi connectivity index (χ3n) is 3.90. The quantitative estimate of drug-likeness (QED) is 0.758. The first-order chi connectivity index (χ1) is 8.70. The lowest BCUT2D eigenvalue weighted by Gasteiger charge is -2.27. The molecule has 1 saturated carbocycles. The number of rotatable bonds is 3. The lowest BCUT2D eigenvalue weighted by atomic mass is 9.78.